The molecule has 0 aliphatic rings. The highest BCUT2D eigenvalue weighted by Gasteiger charge is 2.34. The van der Waals surface area contributed by atoms with Crippen LogP contribution in [0.3, 0.4) is 0 Å². The second-order valence-electron chi connectivity index (χ2n) is 7.02. The van der Waals surface area contributed by atoms with Gasteiger partial charge in [0.15, 0.2) is 0 Å². The number of hydrogen-bond acceptors (Lipinski definition) is 4. The molecule has 0 fully saturated rings. The largest absolute Gasteiger partial charge is 0.480 e. The van der Waals surface area contributed by atoms with Gasteiger partial charge < -0.3 is 21.5 Å². The molecule has 0 saturated carbocycles. The number of carboxylic acid groups (broad SMARTS) is 1. The fourth-order valence-corrected chi connectivity index (χ4v) is 1.99. The third-order valence-corrected chi connectivity index (χ3v) is 3.87. The zero-order chi connectivity index (χ0) is 18.4. The van der Waals surface area contributed by atoms with Gasteiger partial charge in [-0.05, 0) is 32.1 Å². The molecule has 3 unspecified atom stereocenters. The molecule has 0 aromatic carbocycles. The van der Waals surface area contributed by atoms with Gasteiger partial charge in [0, 0.05) is 0 Å². The Labute approximate surface area is 138 Å². The molecule has 0 heterocycles. The molecule has 0 aliphatic carbocycles. The van der Waals surface area contributed by atoms with Crippen molar-refractivity contribution in [3.8, 4) is 0 Å². The van der Waals surface area contributed by atoms with Crippen molar-refractivity contribution in [2.75, 3.05) is 0 Å². The van der Waals surface area contributed by atoms with E-state index in [-0.39, 0.29) is 11.8 Å². The summed E-state index contributed by atoms with van der Waals surface area (Å²) in [6.45, 7) is 10.6. The highest BCUT2D eigenvalue weighted by Crippen LogP contribution is 2.11. The number of aliphatic carboxylic acids is 1. The minimum Gasteiger partial charge on any atom is -0.480 e. The van der Waals surface area contributed by atoms with Crippen LogP contribution in [0.2, 0.25) is 0 Å². The quantitative estimate of drug-likeness (QED) is 0.500. The molecule has 134 valence electrons. The summed E-state index contributed by atoms with van der Waals surface area (Å²) >= 11 is 0. The number of rotatable bonds is 9. The number of amides is 2. The first-order valence-electron chi connectivity index (χ1n) is 8.03. The van der Waals surface area contributed by atoms with E-state index in [1.54, 1.807) is 0 Å². The molecule has 23 heavy (non-hydrogen) atoms. The van der Waals surface area contributed by atoms with Gasteiger partial charge in [0.1, 0.15) is 11.6 Å². The van der Waals surface area contributed by atoms with Crippen LogP contribution < -0.4 is 16.4 Å². The van der Waals surface area contributed by atoms with Crippen LogP contribution in [0.15, 0.2) is 0 Å². The van der Waals surface area contributed by atoms with Gasteiger partial charge in [-0.3, -0.25) is 9.59 Å². The van der Waals surface area contributed by atoms with Crippen molar-refractivity contribution in [2.45, 2.75) is 72.0 Å². The molecule has 5 N–H and O–H groups in total. The summed E-state index contributed by atoms with van der Waals surface area (Å²) < 4.78 is 0. The molecular formula is C16H31N3O4. The Hall–Kier alpha value is -1.63. The van der Waals surface area contributed by atoms with E-state index in [4.69, 9.17) is 5.73 Å². The second kappa shape index (κ2) is 8.86. The monoisotopic (exact) mass is 329 g/mol. The van der Waals surface area contributed by atoms with Gasteiger partial charge in [0.05, 0.1) is 6.04 Å². The summed E-state index contributed by atoms with van der Waals surface area (Å²) in [6, 6.07) is -1.69. The normalized spacial score (nSPS) is 15.7. The van der Waals surface area contributed by atoms with Gasteiger partial charge in [-0.25, -0.2) is 4.79 Å². The van der Waals surface area contributed by atoms with Gasteiger partial charge >= 0.3 is 5.97 Å². The van der Waals surface area contributed by atoms with Crippen molar-refractivity contribution in [3.05, 3.63) is 0 Å². The fourth-order valence-electron chi connectivity index (χ4n) is 1.99. The van der Waals surface area contributed by atoms with E-state index in [1.807, 2.05) is 27.7 Å². The minimum atomic E-state index is -1.24. The zero-order valence-electron chi connectivity index (χ0n) is 15.0. The van der Waals surface area contributed by atoms with Gasteiger partial charge in [0.25, 0.3) is 0 Å². The number of nitrogens with one attached hydrogen (secondary N) is 2. The molecule has 7 heteroatoms. The van der Waals surface area contributed by atoms with Crippen molar-refractivity contribution in [1.82, 2.24) is 10.6 Å². The Morgan fingerprint density at radius 1 is 1.17 bits per heavy atom. The summed E-state index contributed by atoms with van der Waals surface area (Å²) in [4.78, 5) is 35.7. The Bertz CT molecular complexity index is 435. The van der Waals surface area contributed by atoms with E-state index in [1.165, 1.54) is 13.8 Å². The van der Waals surface area contributed by atoms with Crippen LogP contribution in [-0.2, 0) is 14.4 Å². The average Bonchev–Trinajstić information content (AvgIpc) is 2.43. The van der Waals surface area contributed by atoms with E-state index < -0.39 is 35.4 Å². The standard InChI is InChI=1S/C16H31N3O4/c1-7-10(4)12(17)13(20)19-16(5,6)15(23)18-11(14(21)22)8-9(2)3/h9-12H,7-8,17H2,1-6H3,(H,18,23)(H,19,20)(H,21,22). The molecule has 0 aliphatic heterocycles. The van der Waals surface area contributed by atoms with Crippen LogP contribution in [0.25, 0.3) is 0 Å². The number of nitrogens with two attached hydrogens (primary N) is 1. The van der Waals surface area contributed by atoms with Gasteiger partial charge in [-0.1, -0.05) is 34.1 Å². The Morgan fingerprint density at radius 3 is 2.09 bits per heavy atom. The SMILES string of the molecule is CCC(C)C(N)C(=O)NC(C)(C)C(=O)NC(CC(C)C)C(=O)O. The molecule has 0 spiro atoms. The summed E-state index contributed by atoms with van der Waals surface area (Å²) in [5.74, 6) is -1.95. The molecule has 2 amide bonds. The first kappa shape index (κ1) is 21.4. The van der Waals surface area contributed by atoms with Crippen molar-refractivity contribution < 1.29 is 19.5 Å². The lowest BCUT2D eigenvalue weighted by atomic mass is 9.96. The minimum absolute atomic E-state index is 0.0124. The topological polar surface area (TPSA) is 122 Å². The molecule has 0 bridgehead atoms. The van der Waals surface area contributed by atoms with E-state index in [2.05, 4.69) is 10.6 Å². The van der Waals surface area contributed by atoms with Crippen LogP contribution in [0.1, 0.15) is 54.4 Å². The van der Waals surface area contributed by atoms with Crippen LogP contribution in [0, 0.1) is 11.8 Å². The number of carboxylic acids is 1. The Kier molecular flexibility index (Phi) is 8.23. The third kappa shape index (κ3) is 6.99. The highest BCUT2D eigenvalue weighted by atomic mass is 16.4. The predicted octanol–water partition coefficient (Wildman–Crippen LogP) is 0.870. The van der Waals surface area contributed by atoms with Crippen molar-refractivity contribution in [3.63, 3.8) is 0 Å². The molecule has 0 radical (unpaired) electrons. The lowest BCUT2D eigenvalue weighted by Crippen LogP contribution is -2.61. The summed E-state index contributed by atoms with van der Waals surface area (Å²) in [5.41, 5.74) is 4.61. The summed E-state index contributed by atoms with van der Waals surface area (Å²) in [5, 5.41) is 14.3. The summed E-state index contributed by atoms with van der Waals surface area (Å²) in [7, 11) is 0. The lowest BCUT2D eigenvalue weighted by Gasteiger charge is -2.29. The average molecular weight is 329 g/mol. The lowest BCUT2D eigenvalue weighted by molar-refractivity contribution is -0.143. The third-order valence-electron chi connectivity index (χ3n) is 3.87. The second-order valence-corrected chi connectivity index (χ2v) is 7.02. The van der Waals surface area contributed by atoms with E-state index in [9.17, 15) is 19.5 Å². The first-order valence-corrected chi connectivity index (χ1v) is 8.03. The maximum absolute atomic E-state index is 12.3. The number of carbonyl (C=O) groups excluding carboxylic acids is 2. The summed E-state index contributed by atoms with van der Waals surface area (Å²) in [6.07, 6.45) is 1.06. The van der Waals surface area contributed by atoms with E-state index in [0.29, 0.717) is 6.42 Å². The highest BCUT2D eigenvalue weighted by molar-refractivity contribution is 5.94. The molecule has 0 rings (SSSR count). The van der Waals surface area contributed by atoms with E-state index in [0.717, 1.165) is 6.42 Å². The van der Waals surface area contributed by atoms with Crippen molar-refractivity contribution in [1.29, 1.82) is 0 Å². The molecular weight excluding hydrogens is 298 g/mol. The van der Waals surface area contributed by atoms with Gasteiger partial charge in [-0.15, -0.1) is 0 Å². The zero-order valence-corrected chi connectivity index (χ0v) is 15.0. The van der Waals surface area contributed by atoms with Gasteiger partial charge in [-0.2, -0.15) is 0 Å². The number of carbonyl (C=O) groups is 3. The molecule has 3 atom stereocenters. The van der Waals surface area contributed by atoms with Crippen LogP contribution in [0.5, 0.6) is 0 Å². The Morgan fingerprint density at radius 2 is 1.70 bits per heavy atom. The molecule has 0 aromatic rings. The van der Waals surface area contributed by atoms with Crippen molar-refractivity contribution in [2.24, 2.45) is 17.6 Å². The molecule has 0 saturated heterocycles. The van der Waals surface area contributed by atoms with Gasteiger partial charge in [0.2, 0.25) is 11.8 Å². The van der Waals surface area contributed by atoms with Crippen molar-refractivity contribution >= 4 is 17.8 Å². The fraction of sp³-hybridized carbons (Fsp3) is 0.812. The maximum atomic E-state index is 12.3. The smallest absolute Gasteiger partial charge is 0.326 e. The first-order chi connectivity index (χ1) is 10.4. The predicted molar refractivity (Wildman–Crippen MR) is 88.7 cm³/mol. The molecule has 0 aromatic heterocycles. The number of hydrogen-bond donors (Lipinski definition) is 4. The maximum Gasteiger partial charge on any atom is 0.326 e. The molecule has 7 nitrogen and oxygen atoms in total. The van der Waals surface area contributed by atoms with Crippen LogP contribution in [0.4, 0.5) is 0 Å². The van der Waals surface area contributed by atoms with Crippen LogP contribution >= 0.6 is 0 Å². The van der Waals surface area contributed by atoms with Crippen LogP contribution in [-0.4, -0.2) is 40.5 Å². The van der Waals surface area contributed by atoms with E-state index >= 15 is 0 Å². The Balaban J connectivity index is 4.88.